The van der Waals surface area contributed by atoms with Crippen molar-refractivity contribution in [2.45, 2.75) is 25.7 Å². The Morgan fingerprint density at radius 1 is 1.33 bits per heavy atom. The minimum atomic E-state index is -3.34. The van der Waals surface area contributed by atoms with Crippen LogP contribution < -0.4 is 4.72 Å². The van der Waals surface area contributed by atoms with Crippen LogP contribution in [0.1, 0.15) is 19.4 Å². The molecule has 0 heterocycles. The fraction of sp³-hybridized carbons (Fsp3) is 0.400. The SMILES string of the molecule is CC(C)S(=O)(=O)Nc1ccccc1CO. The molecule has 0 fully saturated rings. The third kappa shape index (κ3) is 2.94. The standard InChI is InChI=1S/C10H15NO3S/c1-8(2)15(13,14)11-10-6-4-3-5-9(10)7-12/h3-6,8,11-12H,7H2,1-2H3. The van der Waals surface area contributed by atoms with Crippen LogP contribution in [0, 0.1) is 0 Å². The van der Waals surface area contributed by atoms with Crippen molar-refractivity contribution in [2.75, 3.05) is 4.72 Å². The molecule has 84 valence electrons. The highest BCUT2D eigenvalue weighted by molar-refractivity contribution is 7.93. The van der Waals surface area contributed by atoms with Crippen molar-refractivity contribution < 1.29 is 13.5 Å². The minimum absolute atomic E-state index is 0.184. The van der Waals surface area contributed by atoms with Gasteiger partial charge < -0.3 is 5.11 Å². The van der Waals surface area contributed by atoms with E-state index in [9.17, 15) is 8.42 Å². The van der Waals surface area contributed by atoms with Gasteiger partial charge in [-0.05, 0) is 19.9 Å². The molecule has 0 aliphatic carbocycles. The molecular weight excluding hydrogens is 214 g/mol. The minimum Gasteiger partial charge on any atom is -0.392 e. The zero-order valence-corrected chi connectivity index (χ0v) is 9.58. The summed E-state index contributed by atoms with van der Waals surface area (Å²) in [5.41, 5.74) is 1.01. The Balaban J connectivity index is 3.00. The molecule has 0 radical (unpaired) electrons. The van der Waals surface area contributed by atoms with Crippen molar-refractivity contribution in [3.05, 3.63) is 29.8 Å². The van der Waals surface area contributed by atoms with E-state index in [0.29, 0.717) is 11.3 Å². The first-order valence-electron chi connectivity index (χ1n) is 4.67. The average Bonchev–Trinajstić information content (AvgIpc) is 2.18. The van der Waals surface area contributed by atoms with Crippen LogP contribution in [0.4, 0.5) is 5.69 Å². The Morgan fingerprint density at radius 2 is 1.93 bits per heavy atom. The molecule has 2 N–H and O–H groups in total. The zero-order chi connectivity index (χ0) is 11.5. The van der Waals surface area contributed by atoms with Crippen LogP contribution in [-0.2, 0) is 16.6 Å². The van der Waals surface area contributed by atoms with Gasteiger partial charge in [-0.15, -0.1) is 0 Å². The maximum atomic E-state index is 11.6. The van der Waals surface area contributed by atoms with Crippen LogP contribution in [0.15, 0.2) is 24.3 Å². The summed E-state index contributed by atoms with van der Waals surface area (Å²) in [7, 11) is -3.34. The predicted octanol–water partition coefficient (Wildman–Crippen LogP) is 1.33. The molecule has 5 heteroatoms. The van der Waals surface area contributed by atoms with Gasteiger partial charge in [0.25, 0.3) is 0 Å². The summed E-state index contributed by atoms with van der Waals surface area (Å²) in [5, 5.41) is 8.52. The van der Waals surface area contributed by atoms with Crippen molar-refractivity contribution in [2.24, 2.45) is 0 Å². The second kappa shape index (κ2) is 4.63. The van der Waals surface area contributed by atoms with Gasteiger partial charge in [0.2, 0.25) is 10.0 Å². The molecule has 0 atom stereocenters. The lowest BCUT2D eigenvalue weighted by Gasteiger charge is -2.13. The van der Waals surface area contributed by atoms with E-state index >= 15 is 0 Å². The molecule has 4 nitrogen and oxygen atoms in total. The predicted molar refractivity (Wildman–Crippen MR) is 60.0 cm³/mol. The number of sulfonamides is 1. The number of anilines is 1. The van der Waals surface area contributed by atoms with E-state index < -0.39 is 15.3 Å². The van der Waals surface area contributed by atoms with E-state index in [1.807, 2.05) is 0 Å². The molecule has 1 aromatic carbocycles. The van der Waals surface area contributed by atoms with Crippen LogP contribution in [0.25, 0.3) is 0 Å². The number of hydrogen-bond donors (Lipinski definition) is 2. The number of rotatable bonds is 4. The average molecular weight is 229 g/mol. The molecule has 1 rings (SSSR count). The van der Waals surface area contributed by atoms with Gasteiger partial charge in [0, 0.05) is 5.56 Å². The summed E-state index contributed by atoms with van der Waals surface area (Å²) in [6.45, 7) is 3.02. The van der Waals surface area contributed by atoms with Gasteiger partial charge in [-0.1, -0.05) is 18.2 Å². The normalized spacial score (nSPS) is 11.7. The van der Waals surface area contributed by atoms with Crippen LogP contribution in [0.2, 0.25) is 0 Å². The molecule has 0 amide bonds. The first kappa shape index (κ1) is 12.0. The highest BCUT2D eigenvalue weighted by atomic mass is 32.2. The second-order valence-corrected chi connectivity index (χ2v) is 5.75. The summed E-state index contributed by atoms with van der Waals surface area (Å²) >= 11 is 0. The van der Waals surface area contributed by atoms with Crippen LogP contribution in [-0.4, -0.2) is 18.8 Å². The first-order chi connectivity index (χ1) is 6.97. The van der Waals surface area contributed by atoms with Gasteiger partial charge in [0.15, 0.2) is 0 Å². The highest BCUT2D eigenvalue weighted by Gasteiger charge is 2.16. The Hall–Kier alpha value is -1.07. The zero-order valence-electron chi connectivity index (χ0n) is 8.77. The quantitative estimate of drug-likeness (QED) is 0.818. The summed E-state index contributed by atoms with van der Waals surface area (Å²) in [5.74, 6) is 0. The lowest BCUT2D eigenvalue weighted by molar-refractivity contribution is 0.282. The van der Waals surface area contributed by atoms with E-state index in [4.69, 9.17) is 5.11 Å². The van der Waals surface area contributed by atoms with Crippen LogP contribution in [0.5, 0.6) is 0 Å². The van der Waals surface area contributed by atoms with Gasteiger partial charge in [-0.2, -0.15) is 0 Å². The van der Waals surface area contributed by atoms with Crippen molar-refractivity contribution in [3.8, 4) is 0 Å². The van der Waals surface area contributed by atoms with Crippen LogP contribution >= 0.6 is 0 Å². The van der Waals surface area contributed by atoms with E-state index in [2.05, 4.69) is 4.72 Å². The molecule has 0 aliphatic rings. The van der Waals surface area contributed by atoms with Gasteiger partial charge in [0.05, 0.1) is 17.5 Å². The van der Waals surface area contributed by atoms with Crippen molar-refractivity contribution >= 4 is 15.7 Å². The smallest absolute Gasteiger partial charge is 0.235 e. The van der Waals surface area contributed by atoms with E-state index in [-0.39, 0.29) is 6.61 Å². The van der Waals surface area contributed by atoms with Gasteiger partial charge >= 0.3 is 0 Å². The Kier molecular flexibility index (Phi) is 3.71. The number of aliphatic hydroxyl groups excluding tert-OH is 1. The monoisotopic (exact) mass is 229 g/mol. The maximum Gasteiger partial charge on any atom is 0.235 e. The van der Waals surface area contributed by atoms with Crippen molar-refractivity contribution in [1.82, 2.24) is 0 Å². The number of hydrogen-bond acceptors (Lipinski definition) is 3. The van der Waals surface area contributed by atoms with Crippen LogP contribution in [0.3, 0.4) is 0 Å². The topological polar surface area (TPSA) is 66.4 Å². The fourth-order valence-corrected chi connectivity index (χ4v) is 1.77. The highest BCUT2D eigenvalue weighted by Crippen LogP contribution is 2.17. The Morgan fingerprint density at radius 3 is 2.47 bits per heavy atom. The third-order valence-electron chi connectivity index (χ3n) is 2.06. The molecule has 0 unspecified atom stereocenters. The second-order valence-electron chi connectivity index (χ2n) is 3.51. The first-order valence-corrected chi connectivity index (χ1v) is 6.22. The Bertz CT molecular complexity index is 426. The summed E-state index contributed by atoms with van der Waals surface area (Å²) < 4.78 is 25.6. The number of benzene rings is 1. The third-order valence-corrected chi connectivity index (χ3v) is 3.81. The molecule has 0 aliphatic heterocycles. The van der Waals surface area contributed by atoms with Gasteiger partial charge in [0.1, 0.15) is 0 Å². The lowest BCUT2D eigenvalue weighted by Crippen LogP contribution is -2.23. The molecule has 0 aromatic heterocycles. The summed E-state index contributed by atoms with van der Waals surface area (Å²) in [4.78, 5) is 0. The van der Waals surface area contributed by atoms with Gasteiger partial charge in [-0.3, -0.25) is 4.72 Å². The van der Waals surface area contributed by atoms with E-state index in [0.717, 1.165) is 0 Å². The molecule has 0 saturated heterocycles. The van der Waals surface area contributed by atoms with E-state index in [1.165, 1.54) is 0 Å². The Labute approximate surface area is 90.0 Å². The van der Waals surface area contributed by atoms with Crippen molar-refractivity contribution in [3.63, 3.8) is 0 Å². The molecule has 15 heavy (non-hydrogen) atoms. The molecular formula is C10H15NO3S. The number of para-hydroxylation sites is 1. The molecule has 0 spiro atoms. The number of nitrogens with one attached hydrogen (secondary N) is 1. The van der Waals surface area contributed by atoms with E-state index in [1.54, 1.807) is 38.1 Å². The molecule has 0 bridgehead atoms. The fourth-order valence-electron chi connectivity index (χ4n) is 1.03. The van der Waals surface area contributed by atoms with Crippen molar-refractivity contribution in [1.29, 1.82) is 0 Å². The number of aliphatic hydroxyl groups is 1. The largest absolute Gasteiger partial charge is 0.392 e. The molecule has 0 saturated carbocycles. The lowest BCUT2D eigenvalue weighted by atomic mass is 10.2. The summed E-state index contributed by atoms with van der Waals surface area (Å²) in [6.07, 6.45) is 0. The molecule has 1 aromatic rings. The maximum absolute atomic E-state index is 11.6. The van der Waals surface area contributed by atoms with Gasteiger partial charge in [-0.25, -0.2) is 8.42 Å². The summed E-state index contributed by atoms with van der Waals surface area (Å²) in [6, 6.07) is 6.78.